The molecule has 1 aromatic carbocycles. The average Bonchev–Trinajstić information content (AvgIpc) is 2.25. The minimum absolute atomic E-state index is 0.0697. The standard InChI is InChI=1S/C11H14N2O3S2/c1-6(2)10(17)9-7(11(12)14)4-3-5-8(9)18(13,15)16/h3-6H,1-2H3,(H2,12,14)(H2,13,15,16). The molecule has 0 atom stereocenters. The number of thiocarbonyl (C=S) groups is 1. The maximum absolute atomic E-state index is 11.5. The van der Waals surface area contributed by atoms with Crippen molar-refractivity contribution in [1.29, 1.82) is 0 Å². The molecule has 1 amide bonds. The lowest BCUT2D eigenvalue weighted by Crippen LogP contribution is -2.23. The molecule has 5 nitrogen and oxygen atoms in total. The van der Waals surface area contributed by atoms with Crippen molar-refractivity contribution in [3.63, 3.8) is 0 Å². The van der Waals surface area contributed by atoms with Gasteiger partial charge >= 0.3 is 0 Å². The average molecular weight is 286 g/mol. The first kappa shape index (κ1) is 14.7. The van der Waals surface area contributed by atoms with E-state index in [0.717, 1.165) is 0 Å². The van der Waals surface area contributed by atoms with Crippen molar-refractivity contribution in [2.45, 2.75) is 18.7 Å². The first-order valence-corrected chi connectivity index (χ1v) is 7.11. The summed E-state index contributed by atoms with van der Waals surface area (Å²) in [4.78, 5) is 11.5. The topological polar surface area (TPSA) is 103 Å². The van der Waals surface area contributed by atoms with E-state index in [1.807, 2.05) is 0 Å². The van der Waals surface area contributed by atoms with Gasteiger partial charge in [-0.3, -0.25) is 4.79 Å². The van der Waals surface area contributed by atoms with Crippen molar-refractivity contribution in [2.75, 3.05) is 0 Å². The monoisotopic (exact) mass is 286 g/mol. The smallest absolute Gasteiger partial charge is 0.249 e. The maximum Gasteiger partial charge on any atom is 0.249 e. The van der Waals surface area contributed by atoms with E-state index in [9.17, 15) is 13.2 Å². The van der Waals surface area contributed by atoms with Gasteiger partial charge in [-0.15, -0.1) is 0 Å². The van der Waals surface area contributed by atoms with E-state index in [1.165, 1.54) is 18.2 Å². The van der Waals surface area contributed by atoms with Gasteiger partial charge in [0, 0.05) is 16.0 Å². The molecule has 0 bridgehead atoms. The van der Waals surface area contributed by atoms with E-state index in [0.29, 0.717) is 4.86 Å². The second-order valence-corrected chi connectivity index (χ2v) is 6.08. The second-order valence-electron chi connectivity index (χ2n) is 4.11. The van der Waals surface area contributed by atoms with Gasteiger partial charge in [0.15, 0.2) is 0 Å². The number of carbonyl (C=O) groups excluding carboxylic acids is 1. The highest BCUT2D eigenvalue weighted by Crippen LogP contribution is 2.23. The molecular formula is C11H14N2O3S2. The minimum atomic E-state index is -3.96. The third kappa shape index (κ3) is 2.92. The summed E-state index contributed by atoms with van der Waals surface area (Å²) in [6.07, 6.45) is 0. The summed E-state index contributed by atoms with van der Waals surface area (Å²) in [6, 6.07) is 4.15. The molecule has 18 heavy (non-hydrogen) atoms. The number of nitrogens with two attached hydrogens (primary N) is 2. The molecule has 7 heteroatoms. The van der Waals surface area contributed by atoms with Crippen LogP contribution in [0.1, 0.15) is 29.8 Å². The summed E-state index contributed by atoms with van der Waals surface area (Å²) >= 11 is 5.18. The van der Waals surface area contributed by atoms with E-state index in [1.54, 1.807) is 13.8 Å². The SMILES string of the molecule is CC(C)C(=S)c1c(C(N)=O)cccc1S(N)(=O)=O. The first-order valence-electron chi connectivity index (χ1n) is 5.16. The fraction of sp³-hybridized carbons (Fsp3) is 0.273. The van der Waals surface area contributed by atoms with Crippen LogP contribution in [0, 0.1) is 5.92 Å². The molecule has 0 radical (unpaired) electrons. The van der Waals surface area contributed by atoms with Gasteiger partial charge in [0.2, 0.25) is 15.9 Å². The largest absolute Gasteiger partial charge is 0.366 e. The Morgan fingerprint density at radius 3 is 2.28 bits per heavy atom. The lowest BCUT2D eigenvalue weighted by atomic mass is 9.97. The molecule has 0 spiro atoms. The molecule has 98 valence electrons. The van der Waals surface area contributed by atoms with Crippen LogP contribution in [-0.4, -0.2) is 19.2 Å². The Morgan fingerprint density at radius 1 is 1.33 bits per heavy atom. The summed E-state index contributed by atoms with van der Waals surface area (Å²) in [5.41, 5.74) is 5.44. The van der Waals surface area contributed by atoms with Crippen LogP contribution < -0.4 is 10.9 Å². The van der Waals surface area contributed by atoms with E-state index in [4.69, 9.17) is 23.1 Å². The predicted molar refractivity (Wildman–Crippen MR) is 72.9 cm³/mol. The summed E-state index contributed by atoms with van der Waals surface area (Å²) < 4.78 is 23.0. The number of amides is 1. The van der Waals surface area contributed by atoms with Crippen LogP contribution in [0.15, 0.2) is 23.1 Å². The number of primary sulfonamides is 1. The van der Waals surface area contributed by atoms with E-state index < -0.39 is 15.9 Å². The van der Waals surface area contributed by atoms with E-state index >= 15 is 0 Å². The Labute approximate surface area is 111 Å². The number of rotatable bonds is 4. The summed E-state index contributed by atoms with van der Waals surface area (Å²) in [6.45, 7) is 3.60. The highest BCUT2D eigenvalue weighted by atomic mass is 32.2. The summed E-state index contributed by atoms with van der Waals surface area (Å²) in [5.74, 6) is -0.848. The highest BCUT2D eigenvalue weighted by Gasteiger charge is 2.23. The molecule has 0 fully saturated rings. The van der Waals surface area contributed by atoms with Crippen molar-refractivity contribution >= 4 is 33.0 Å². The Hall–Kier alpha value is -1.31. The zero-order valence-electron chi connectivity index (χ0n) is 10.0. The van der Waals surface area contributed by atoms with Crippen LogP contribution in [0.4, 0.5) is 0 Å². The van der Waals surface area contributed by atoms with E-state index in [-0.39, 0.29) is 21.9 Å². The van der Waals surface area contributed by atoms with Gasteiger partial charge in [-0.1, -0.05) is 32.1 Å². The third-order valence-electron chi connectivity index (χ3n) is 2.37. The van der Waals surface area contributed by atoms with E-state index in [2.05, 4.69) is 0 Å². The molecule has 0 aromatic heterocycles. The van der Waals surface area contributed by atoms with Gasteiger partial charge in [0.25, 0.3) is 0 Å². The predicted octanol–water partition coefficient (Wildman–Crippen LogP) is 0.807. The van der Waals surface area contributed by atoms with Crippen LogP contribution in [0.5, 0.6) is 0 Å². The van der Waals surface area contributed by atoms with Gasteiger partial charge in [-0.25, -0.2) is 13.6 Å². The van der Waals surface area contributed by atoms with Crippen LogP contribution in [0.2, 0.25) is 0 Å². The number of hydrogen-bond donors (Lipinski definition) is 2. The Morgan fingerprint density at radius 2 is 1.89 bits per heavy atom. The van der Waals surface area contributed by atoms with Crippen molar-refractivity contribution in [1.82, 2.24) is 0 Å². The zero-order chi connectivity index (χ0) is 14.1. The molecule has 1 aromatic rings. The lowest BCUT2D eigenvalue weighted by molar-refractivity contribution is 0.1000. The van der Waals surface area contributed by atoms with Crippen molar-refractivity contribution in [3.05, 3.63) is 29.3 Å². The Balaban J connectivity index is 3.71. The van der Waals surface area contributed by atoms with Gasteiger partial charge in [-0.2, -0.15) is 0 Å². The second kappa shape index (κ2) is 5.13. The fourth-order valence-corrected chi connectivity index (χ4v) is 2.57. The summed E-state index contributed by atoms with van der Waals surface area (Å²) in [7, 11) is -3.96. The molecule has 0 unspecified atom stereocenters. The molecule has 0 aliphatic heterocycles. The number of sulfonamides is 1. The molecular weight excluding hydrogens is 272 g/mol. The van der Waals surface area contributed by atoms with Gasteiger partial charge < -0.3 is 5.73 Å². The minimum Gasteiger partial charge on any atom is -0.366 e. The van der Waals surface area contributed by atoms with Gasteiger partial charge in [-0.05, 0) is 18.1 Å². The number of carbonyl (C=O) groups is 1. The van der Waals surface area contributed by atoms with Crippen LogP contribution in [0.25, 0.3) is 0 Å². The number of primary amides is 1. The maximum atomic E-state index is 11.5. The molecule has 0 heterocycles. The zero-order valence-corrected chi connectivity index (χ0v) is 11.6. The van der Waals surface area contributed by atoms with Crippen molar-refractivity contribution < 1.29 is 13.2 Å². The number of hydrogen-bond acceptors (Lipinski definition) is 4. The third-order valence-corrected chi connectivity index (χ3v) is 4.00. The molecule has 0 saturated heterocycles. The van der Waals surface area contributed by atoms with Crippen LogP contribution >= 0.6 is 12.2 Å². The molecule has 1 rings (SSSR count). The molecule has 4 N–H and O–H groups in total. The fourth-order valence-electron chi connectivity index (χ4n) is 1.52. The number of benzene rings is 1. The van der Waals surface area contributed by atoms with Gasteiger partial charge in [0.05, 0.1) is 4.90 Å². The first-order chi connectivity index (χ1) is 8.16. The van der Waals surface area contributed by atoms with Crippen LogP contribution in [-0.2, 0) is 10.0 Å². The van der Waals surface area contributed by atoms with Crippen LogP contribution in [0.3, 0.4) is 0 Å². The lowest BCUT2D eigenvalue weighted by Gasteiger charge is -2.15. The Bertz CT molecular complexity index is 607. The molecule has 0 aliphatic rings. The molecule has 0 aliphatic carbocycles. The van der Waals surface area contributed by atoms with Crippen molar-refractivity contribution in [2.24, 2.45) is 16.8 Å². The highest BCUT2D eigenvalue weighted by molar-refractivity contribution is 7.89. The van der Waals surface area contributed by atoms with Crippen molar-refractivity contribution in [3.8, 4) is 0 Å². The Kier molecular flexibility index (Phi) is 4.20. The quantitative estimate of drug-likeness (QED) is 0.631. The summed E-state index contributed by atoms with van der Waals surface area (Å²) in [5, 5.41) is 5.13. The van der Waals surface area contributed by atoms with Gasteiger partial charge in [0.1, 0.15) is 0 Å². The normalized spacial score (nSPS) is 11.6. The molecule has 0 saturated carbocycles.